The maximum atomic E-state index is 5.58. The van der Waals surface area contributed by atoms with E-state index < -0.39 is 0 Å². The molecule has 2 aromatic rings. The lowest BCUT2D eigenvalue weighted by atomic mass is 10.1. The summed E-state index contributed by atoms with van der Waals surface area (Å²) < 4.78 is 5.58. The van der Waals surface area contributed by atoms with E-state index in [1.807, 2.05) is 6.20 Å². The Bertz CT molecular complexity index is 485. The van der Waals surface area contributed by atoms with Gasteiger partial charge in [-0.3, -0.25) is 5.10 Å². The number of nitrogens with zero attached hydrogens (tertiary/aromatic N) is 1. The Balaban J connectivity index is 0.00000220. The van der Waals surface area contributed by atoms with E-state index in [0.29, 0.717) is 5.92 Å². The molecule has 0 aliphatic rings. The number of aromatic nitrogens is 2. The van der Waals surface area contributed by atoms with Gasteiger partial charge in [-0.15, -0.1) is 23.7 Å². The second kappa shape index (κ2) is 9.95. The van der Waals surface area contributed by atoms with Gasteiger partial charge in [0.05, 0.1) is 23.4 Å². The lowest BCUT2D eigenvalue weighted by molar-refractivity contribution is 0.125. The minimum atomic E-state index is 0. The van der Waals surface area contributed by atoms with E-state index in [4.69, 9.17) is 4.74 Å². The third kappa shape index (κ3) is 6.18. The first-order valence-electron chi connectivity index (χ1n) is 7.12. The van der Waals surface area contributed by atoms with Crippen LogP contribution in [0.5, 0.6) is 0 Å². The summed E-state index contributed by atoms with van der Waals surface area (Å²) in [6, 6.07) is 4.16. The monoisotopic (exact) mass is 329 g/mol. The van der Waals surface area contributed by atoms with Crippen LogP contribution in [-0.2, 0) is 11.3 Å². The summed E-state index contributed by atoms with van der Waals surface area (Å²) in [6.45, 7) is 7.73. The number of halogens is 1. The van der Waals surface area contributed by atoms with E-state index in [9.17, 15) is 0 Å². The zero-order chi connectivity index (χ0) is 14.2. The zero-order valence-electron chi connectivity index (χ0n) is 12.6. The van der Waals surface area contributed by atoms with Gasteiger partial charge in [-0.05, 0) is 23.8 Å². The van der Waals surface area contributed by atoms with E-state index >= 15 is 0 Å². The molecule has 0 saturated heterocycles. The number of aromatic amines is 1. The van der Waals surface area contributed by atoms with Crippen molar-refractivity contribution in [2.24, 2.45) is 5.92 Å². The van der Waals surface area contributed by atoms with Gasteiger partial charge in [-0.25, -0.2) is 0 Å². The molecular formula is C15H24ClN3OS. The van der Waals surface area contributed by atoms with Crippen LogP contribution in [-0.4, -0.2) is 30.0 Å². The molecule has 118 valence electrons. The largest absolute Gasteiger partial charge is 0.380 e. The number of H-pyrrole nitrogens is 1. The molecule has 0 fully saturated rings. The van der Waals surface area contributed by atoms with Crippen molar-refractivity contribution in [2.45, 2.75) is 26.8 Å². The molecule has 0 aromatic carbocycles. The van der Waals surface area contributed by atoms with Gasteiger partial charge in [0.2, 0.25) is 0 Å². The molecule has 2 rings (SSSR count). The van der Waals surface area contributed by atoms with Crippen LogP contribution >= 0.6 is 23.7 Å². The van der Waals surface area contributed by atoms with Crippen molar-refractivity contribution in [3.05, 3.63) is 29.3 Å². The van der Waals surface area contributed by atoms with Gasteiger partial charge in [0.15, 0.2) is 0 Å². The molecule has 0 bridgehead atoms. The molecular weight excluding hydrogens is 306 g/mol. The minimum Gasteiger partial charge on any atom is -0.380 e. The van der Waals surface area contributed by atoms with Crippen LogP contribution in [0.3, 0.4) is 0 Å². The van der Waals surface area contributed by atoms with Crippen molar-refractivity contribution in [2.75, 3.05) is 19.8 Å². The van der Waals surface area contributed by atoms with Crippen LogP contribution in [0.2, 0.25) is 0 Å². The molecule has 2 heterocycles. The van der Waals surface area contributed by atoms with Crippen molar-refractivity contribution in [3.63, 3.8) is 0 Å². The van der Waals surface area contributed by atoms with Crippen molar-refractivity contribution < 1.29 is 4.74 Å². The Morgan fingerprint density at radius 1 is 1.38 bits per heavy atom. The quantitative estimate of drug-likeness (QED) is 0.689. The highest BCUT2D eigenvalue weighted by atomic mass is 35.5. The summed E-state index contributed by atoms with van der Waals surface area (Å²) >= 11 is 1.72. The molecule has 0 aliphatic carbocycles. The SMILES string of the molecule is CC(C)CCOCCNCc1cn[nH]c1-c1cccs1.Cl. The topological polar surface area (TPSA) is 49.9 Å². The molecule has 6 heteroatoms. The van der Waals surface area contributed by atoms with Gasteiger partial charge in [0.1, 0.15) is 0 Å². The Hall–Kier alpha value is -0.880. The molecule has 0 unspecified atom stereocenters. The van der Waals surface area contributed by atoms with E-state index in [1.54, 1.807) is 11.3 Å². The Morgan fingerprint density at radius 3 is 2.95 bits per heavy atom. The normalized spacial score (nSPS) is 10.8. The predicted molar refractivity (Wildman–Crippen MR) is 91.1 cm³/mol. The fourth-order valence-electron chi connectivity index (χ4n) is 1.87. The second-order valence-electron chi connectivity index (χ2n) is 5.22. The number of ether oxygens (including phenoxy) is 1. The van der Waals surface area contributed by atoms with Crippen LogP contribution in [0.25, 0.3) is 10.6 Å². The fourth-order valence-corrected chi connectivity index (χ4v) is 2.62. The van der Waals surface area contributed by atoms with Crippen LogP contribution in [0.15, 0.2) is 23.7 Å². The van der Waals surface area contributed by atoms with Gasteiger partial charge in [-0.2, -0.15) is 5.10 Å². The molecule has 0 aliphatic heterocycles. The first-order valence-corrected chi connectivity index (χ1v) is 8.00. The highest BCUT2D eigenvalue weighted by molar-refractivity contribution is 7.13. The van der Waals surface area contributed by atoms with Crippen LogP contribution in [0.4, 0.5) is 0 Å². The predicted octanol–water partition coefficient (Wildman–Crippen LogP) is 3.71. The molecule has 2 N–H and O–H groups in total. The number of hydrogen-bond donors (Lipinski definition) is 2. The number of rotatable bonds is 9. The number of hydrogen-bond acceptors (Lipinski definition) is 4. The van der Waals surface area contributed by atoms with Crippen LogP contribution < -0.4 is 5.32 Å². The zero-order valence-corrected chi connectivity index (χ0v) is 14.2. The van der Waals surface area contributed by atoms with Crippen molar-refractivity contribution in [1.82, 2.24) is 15.5 Å². The minimum absolute atomic E-state index is 0. The summed E-state index contributed by atoms with van der Waals surface area (Å²) in [5.74, 6) is 0.710. The molecule has 0 atom stereocenters. The van der Waals surface area contributed by atoms with Crippen molar-refractivity contribution >= 4 is 23.7 Å². The lowest BCUT2D eigenvalue weighted by Gasteiger charge is -2.07. The average molecular weight is 330 g/mol. The molecule has 0 spiro atoms. The summed E-state index contributed by atoms with van der Waals surface area (Å²) in [4.78, 5) is 1.23. The summed E-state index contributed by atoms with van der Waals surface area (Å²) in [5, 5.41) is 12.7. The molecule has 2 aromatic heterocycles. The fraction of sp³-hybridized carbons (Fsp3) is 0.533. The van der Waals surface area contributed by atoms with Gasteiger partial charge in [0, 0.05) is 25.3 Å². The van der Waals surface area contributed by atoms with Gasteiger partial charge in [-0.1, -0.05) is 19.9 Å². The molecule has 0 saturated carbocycles. The van der Waals surface area contributed by atoms with Crippen molar-refractivity contribution in [3.8, 4) is 10.6 Å². The Morgan fingerprint density at radius 2 is 2.24 bits per heavy atom. The third-order valence-corrected chi connectivity index (χ3v) is 3.95. The molecule has 4 nitrogen and oxygen atoms in total. The highest BCUT2D eigenvalue weighted by Crippen LogP contribution is 2.25. The average Bonchev–Trinajstić information content (AvgIpc) is 3.07. The number of thiophene rings is 1. The summed E-state index contributed by atoms with van der Waals surface area (Å²) in [5.41, 5.74) is 2.32. The van der Waals surface area contributed by atoms with Crippen LogP contribution in [0.1, 0.15) is 25.8 Å². The Labute approximate surface area is 136 Å². The molecule has 0 amide bonds. The van der Waals surface area contributed by atoms with Crippen LogP contribution in [0, 0.1) is 5.92 Å². The highest BCUT2D eigenvalue weighted by Gasteiger charge is 2.07. The number of nitrogens with one attached hydrogen (secondary N) is 2. The second-order valence-corrected chi connectivity index (χ2v) is 6.17. The standard InChI is InChI=1S/C15H23N3OS.ClH/c1-12(2)5-7-19-8-6-16-10-13-11-17-18-15(13)14-4-3-9-20-14;/h3-4,9,11-12,16H,5-8,10H2,1-2H3,(H,17,18);1H. The summed E-state index contributed by atoms with van der Waals surface area (Å²) in [7, 11) is 0. The first kappa shape index (κ1) is 18.2. The smallest absolute Gasteiger partial charge is 0.0794 e. The van der Waals surface area contributed by atoms with Gasteiger partial charge in [0.25, 0.3) is 0 Å². The lowest BCUT2D eigenvalue weighted by Crippen LogP contribution is -2.19. The van der Waals surface area contributed by atoms with E-state index in [0.717, 1.165) is 38.4 Å². The maximum absolute atomic E-state index is 5.58. The van der Waals surface area contributed by atoms with E-state index in [-0.39, 0.29) is 12.4 Å². The first-order chi connectivity index (χ1) is 9.77. The Kier molecular flexibility index (Phi) is 8.61. The third-order valence-electron chi connectivity index (χ3n) is 3.06. The van der Waals surface area contributed by atoms with Crippen molar-refractivity contribution in [1.29, 1.82) is 0 Å². The van der Waals surface area contributed by atoms with Gasteiger partial charge >= 0.3 is 0 Å². The van der Waals surface area contributed by atoms with E-state index in [2.05, 4.69) is 46.9 Å². The molecule has 21 heavy (non-hydrogen) atoms. The maximum Gasteiger partial charge on any atom is 0.0794 e. The van der Waals surface area contributed by atoms with Gasteiger partial charge < -0.3 is 10.1 Å². The summed E-state index contributed by atoms with van der Waals surface area (Å²) in [6.07, 6.45) is 3.02. The van der Waals surface area contributed by atoms with E-state index in [1.165, 1.54) is 10.4 Å². The molecule has 0 radical (unpaired) electrons.